The van der Waals surface area contributed by atoms with Gasteiger partial charge in [0, 0.05) is 24.2 Å². The van der Waals surface area contributed by atoms with Crippen molar-refractivity contribution < 1.29 is 13.2 Å². The molecule has 3 N–H and O–H groups in total. The molecule has 164 valence electrons. The van der Waals surface area contributed by atoms with E-state index in [0.29, 0.717) is 23.5 Å². The molecular formula is C23H23N5O3S. The van der Waals surface area contributed by atoms with Gasteiger partial charge >= 0.3 is 0 Å². The second-order valence-electron chi connectivity index (χ2n) is 8.31. The predicted octanol–water partition coefficient (Wildman–Crippen LogP) is 3.26. The Bertz CT molecular complexity index is 1270. The Morgan fingerprint density at radius 1 is 1.03 bits per heavy atom. The molecule has 5 rings (SSSR count). The molecule has 32 heavy (non-hydrogen) atoms. The van der Waals surface area contributed by atoms with Crippen molar-refractivity contribution in [3.8, 4) is 5.75 Å². The summed E-state index contributed by atoms with van der Waals surface area (Å²) in [5.74, 6) is 2.31. The maximum atomic E-state index is 11.3. The van der Waals surface area contributed by atoms with E-state index in [4.69, 9.17) is 9.88 Å². The van der Waals surface area contributed by atoms with Crippen LogP contribution in [0.5, 0.6) is 5.75 Å². The number of aromatic nitrogens is 3. The molecule has 0 spiro atoms. The van der Waals surface area contributed by atoms with E-state index in [9.17, 15) is 8.42 Å². The molecule has 0 amide bonds. The molecule has 2 heterocycles. The van der Waals surface area contributed by atoms with Crippen LogP contribution in [0.1, 0.15) is 55.1 Å². The van der Waals surface area contributed by atoms with Crippen LogP contribution in [0.25, 0.3) is 0 Å². The van der Waals surface area contributed by atoms with Gasteiger partial charge in [-0.25, -0.2) is 23.5 Å². The lowest BCUT2D eigenvalue weighted by atomic mass is 10.0. The van der Waals surface area contributed by atoms with Gasteiger partial charge in [-0.3, -0.25) is 4.98 Å². The number of nitrogens with one attached hydrogen (secondary N) is 1. The second-order valence-corrected chi connectivity index (χ2v) is 9.84. The van der Waals surface area contributed by atoms with Crippen LogP contribution in [-0.2, 0) is 10.0 Å². The summed E-state index contributed by atoms with van der Waals surface area (Å²) < 4.78 is 28.9. The highest BCUT2D eigenvalue weighted by Crippen LogP contribution is 2.45. The number of hydrogen-bond acceptors (Lipinski definition) is 7. The zero-order chi connectivity index (χ0) is 22.1. The SMILES string of the molecule is NS(=O)(=O)C1=C=C=C(Nc2ncc([C@H]3CC[C@@H](Oc4cnccc4C4CC4)C3)cn2)C=C1. The first-order valence-electron chi connectivity index (χ1n) is 10.6. The summed E-state index contributed by atoms with van der Waals surface area (Å²) in [6.07, 6.45) is 15.8. The molecule has 0 aromatic carbocycles. The van der Waals surface area contributed by atoms with Crippen molar-refractivity contribution in [1.82, 2.24) is 15.0 Å². The largest absolute Gasteiger partial charge is 0.488 e. The first-order valence-corrected chi connectivity index (χ1v) is 12.2. The number of sulfonamides is 1. The molecule has 8 nitrogen and oxygen atoms in total. The molecule has 0 unspecified atom stereocenters. The van der Waals surface area contributed by atoms with Crippen molar-refractivity contribution >= 4 is 16.0 Å². The number of nitrogens with two attached hydrogens (primary N) is 1. The van der Waals surface area contributed by atoms with E-state index < -0.39 is 10.0 Å². The molecule has 2 aromatic heterocycles. The fraction of sp³-hybridized carbons (Fsp3) is 0.348. The molecule has 2 fully saturated rings. The number of hydrogen-bond donors (Lipinski definition) is 2. The fourth-order valence-electron chi connectivity index (χ4n) is 4.09. The van der Waals surface area contributed by atoms with Crippen LogP contribution >= 0.6 is 0 Å². The molecule has 2 aromatic rings. The van der Waals surface area contributed by atoms with Gasteiger partial charge < -0.3 is 10.1 Å². The monoisotopic (exact) mass is 449 g/mol. The second kappa shape index (κ2) is 8.37. The average molecular weight is 450 g/mol. The van der Waals surface area contributed by atoms with Crippen LogP contribution in [0.3, 0.4) is 0 Å². The number of anilines is 1. The summed E-state index contributed by atoms with van der Waals surface area (Å²) in [7, 11) is -3.80. The molecule has 0 saturated heterocycles. The average Bonchev–Trinajstić information content (AvgIpc) is 3.53. The van der Waals surface area contributed by atoms with Crippen LogP contribution in [0.2, 0.25) is 0 Å². The Labute approximate surface area is 186 Å². The van der Waals surface area contributed by atoms with E-state index in [0.717, 1.165) is 30.6 Å². The molecule has 0 bridgehead atoms. The van der Waals surface area contributed by atoms with Crippen molar-refractivity contribution in [3.05, 3.63) is 76.2 Å². The minimum atomic E-state index is -3.80. The normalized spacial score (nSPS) is 22.4. The third-order valence-corrected chi connectivity index (χ3v) is 6.78. The standard InChI is InChI=1S/C23H23N5O3S/c24-32(29,30)20-7-4-18(5-8-20)28-23-26-12-17(13-27-23)16-3-6-19(11-16)31-22-14-25-10-9-21(22)15-1-2-15/h4,7,9-10,12-16,19H,1-3,6,11H2,(H2,24,29,30)(H,26,27,28)/t16-,19+/m0/s1. The molecular weight excluding hydrogens is 426 g/mol. The van der Waals surface area contributed by atoms with E-state index in [1.807, 2.05) is 24.8 Å². The van der Waals surface area contributed by atoms with Gasteiger partial charge in [0.25, 0.3) is 0 Å². The van der Waals surface area contributed by atoms with Crippen molar-refractivity contribution in [3.63, 3.8) is 0 Å². The molecule has 9 heteroatoms. The van der Waals surface area contributed by atoms with Gasteiger partial charge in [-0.2, -0.15) is 0 Å². The van der Waals surface area contributed by atoms with Crippen LogP contribution in [0.15, 0.2) is 65.1 Å². The zero-order valence-corrected chi connectivity index (χ0v) is 18.2. The van der Waals surface area contributed by atoms with Crippen LogP contribution in [0.4, 0.5) is 5.95 Å². The zero-order valence-electron chi connectivity index (χ0n) is 17.4. The van der Waals surface area contributed by atoms with E-state index >= 15 is 0 Å². The van der Waals surface area contributed by atoms with Gasteiger partial charge in [-0.15, -0.1) is 0 Å². The molecule has 3 aliphatic rings. The van der Waals surface area contributed by atoms with Crippen molar-refractivity contribution in [2.45, 2.75) is 50.0 Å². The number of ether oxygens (including phenoxy) is 1. The summed E-state index contributed by atoms with van der Waals surface area (Å²) in [6.45, 7) is 0. The minimum absolute atomic E-state index is 0.118. The van der Waals surface area contributed by atoms with Crippen molar-refractivity contribution in [1.29, 1.82) is 0 Å². The third kappa shape index (κ3) is 4.66. The Hall–Kier alpha value is -3.22. The molecule has 2 atom stereocenters. The molecule has 2 saturated carbocycles. The molecule has 3 aliphatic carbocycles. The lowest BCUT2D eigenvalue weighted by Gasteiger charge is -2.16. The van der Waals surface area contributed by atoms with Gasteiger partial charge in [-0.05, 0) is 79.2 Å². The van der Waals surface area contributed by atoms with E-state index in [1.165, 1.54) is 24.5 Å². The lowest BCUT2D eigenvalue weighted by Crippen LogP contribution is -2.13. The fourth-order valence-corrected chi connectivity index (χ4v) is 4.55. The Morgan fingerprint density at radius 2 is 1.81 bits per heavy atom. The van der Waals surface area contributed by atoms with Gasteiger partial charge in [0.2, 0.25) is 16.0 Å². The van der Waals surface area contributed by atoms with Gasteiger partial charge in [0.1, 0.15) is 10.7 Å². The highest BCUT2D eigenvalue weighted by molar-refractivity contribution is 7.93. The Kier molecular flexibility index (Phi) is 5.41. The first-order chi connectivity index (χ1) is 15.5. The molecule has 0 radical (unpaired) electrons. The quantitative estimate of drug-likeness (QED) is 0.623. The summed E-state index contributed by atoms with van der Waals surface area (Å²) in [5.41, 5.74) is 8.10. The van der Waals surface area contributed by atoms with E-state index in [2.05, 4.69) is 37.8 Å². The minimum Gasteiger partial charge on any atom is -0.488 e. The van der Waals surface area contributed by atoms with E-state index in [-0.39, 0.29) is 11.0 Å². The van der Waals surface area contributed by atoms with Crippen molar-refractivity contribution in [2.24, 2.45) is 5.14 Å². The summed E-state index contributed by atoms with van der Waals surface area (Å²) >= 11 is 0. The summed E-state index contributed by atoms with van der Waals surface area (Å²) in [4.78, 5) is 12.9. The number of nitrogens with zero attached hydrogens (tertiary/aromatic N) is 3. The molecule has 0 aliphatic heterocycles. The highest BCUT2D eigenvalue weighted by Gasteiger charge is 2.31. The van der Waals surface area contributed by atoms with Crippen LogP contribution in [0, 0.1) is 0 Å². The Balaban J connectivity index is 1.22. The highest BCUT2D eigenvalue weighted by atomic mass is 32.2. The topological polar surface area (TPSA) is 120 Å². The number of allylic oxidation sites excluding steroid dienone is 2. The summed E-state index contributed by atoms with van der Waals surface area (Å²) in [6, 6.07) is 2.08. The maximum absolute atomic E-state index is 11.3. The smallest absolute Gasteiger partial charge is 0.246 e. The van der Waals surface area contributed by atoms with Crippen LogP contribution in [-0.4, -0.2) is 29.5 Å². The number of pyridine rings is 1. The third-order valence-electron chi connectivity index (χ3n) is 5.93. The van der Waals surface area contributed by atoms with Crippen LogP contribution < -0.4 is 15.2 Å². The Morgan fingerprint density at radius 3 is 2.50 bits per heavy atom. The van der Waals surface area contributed by atoms with E-state index in [1.54, 1.807) is 6.08 Å². The van der Waals surface area contributed by atoms with Gasteiger partial charge in [-0.1, -0.05) is 0 Å². The lowest BCUT2D eigenvalue weighted by molar-refractivity contribution is 0.205. The first kappa shape index (κ1) is 20.7. The number of primary sulfonamides is 1. The maximum Gasteiger partial charge on any atom is 0.246 e. The number of rotatable bonds is 7. The predicted molar refractivity (Wildman–Crippen MR) is 119 cm³/mol. The van der Waals surface area contributed by atoms with Gasteiger partial charge in [0.05, 0.1) is 18.0 Å². The van der Waals surface area contributed by atoms with Gasteiger partial charge in [0.15, 0.2) is 0 Å². The summed E-state index contributed by atoms with van der Waals surface area (Å²) in [5, 5.41) is 8.06. The van der Waals surface area contributed by atoms with Crippen molar-refractivity contribution in [2.75, 3.05) is 5.32 Å².